The van der Waals surface area contributed by atoms with E-state index >= 15 is 0 Å². The zero-order chi connectivity index (χ0) is 14.7. The van der Waals surface area contributed by atoms with E-state index in [0.717, 1.165) is 45.6 Å². The summed E-state index contributed by atoms with van der Waals surface area (Å²) in [6.45, 7) is 7.38. The SMILES string of the molecule is CCN(CC(=O)N1CCc2ccccc2C1)C1CCNC1. The van der Waals surface area contributed by atoms with Gasteiger partial charge in [-0.05, 0) is 37.1 Å². The van der Waals surface area contributed by atoms with Crippen LogP contribution in [0.15, 0.2) is 24.3 Å². The number of hydrogen-bond donors (Lipinski definition) is 1. The predicted molar refractivity (Wildman–Crippen MR) is 84.1 cm³/mol. The van der Waals surface area contributed by atoms with Crippen molar-refractivity contribution in [3.8, 4) is 0 Å². The monoisotopic (exact) mass is 287 g/mol. The maximum Gasteiger partial charge on any atom is 0.237 e. The number of carbonyl (C=O) groups excluding carboxylic acids is 1. The van der Waals surface area contributed by atoms with Crippen molar-refractivity contribution in [3.63, 3.8) is 0 Å². The van der Waals surface area contributed by atoms with Gasteiger partial charge in [0.15, 0.2) is 0 Å². The van der Waals surface area contributed by atoms with E-state index in [9.17, 15) is 4.79 Å². The number of rotatable bonds is 4. The van der Waals surface area contributed by atoms with Crippen LogP contribution in [-0.4, -0.2) is 54.5 Å². The molecule has 1 unspecified atom stereocenters. The van der Waals surface area contributed by atoms with Gasteiger partial charge in [-0.2, -0.15) is 0 Å². The fourth-order valence-corrected chi connectivity index (χ4v) is 3.43. The van der Waals surface area contributed by atoms with Crippen molar-refractivity contribution in [2.45, 2.75) is 32.4 Å². The number of benzene rings is 1. The van der Waals surface area contributed by atoms with Crippen LogP contribution in [0, 0.1) is 0 Å². The zero-order valence-corrected chi connectivity index (χ0v) is 12.8. The molecule has 1 atom stereocenters. The van der Waals surface area contributed by atoms with Gasteiger partial charge in [-0.1, -0.05) is 31.2 Å². The van der Waals surface area contributed by atoms with E-state index in [0.29, 0.717) is 12.6 Å². The molecule has 0 saturated carbocycles. The van der Waals surface area contributed by atoms with E-state index in [2.05, 4.69) is 41.4 Å². The minimum absolute atomic E-state index is 0.276. The second kappa shape index (κ2) is 6.58. The summed E-state index contributed by atoms with van der Waals surface area (Å²) >= 11 is 0. The Bertz CT molecular complexity index is 497. The first-order valence-electron chi connectivity index (χ1n) is 8.07. The molecule has 1 aromatic carbocycles. The molecule has 0 aromatic heterocycles. The number of nitrogens with zero attached hydrogens (tertiary/aromatic N) is 2. The lowest BCUT2D eigenvalue weighted by molar-refractivity contribution is -0.133. The van der Waals surface area contributed by atoms with E-state index in [-0.39, 0.29) is 5.91 Å². The normalized spacial score (nSPS) is 21.6. The van der Waals surface area contributed by atoms with Gasteiger partial charge in [0.05, 0.1) is 6.54 Å². The van der Waals surface area contributed by atoms with Gasteiger partial charge in [-0.25, -0.2) is 0 Å². The summed E-state index contributed by atoms with van der Waals surface area (Å²) in [7, 11) is 0. The summed E-state index contributed by atoms with van der Waals surface area (Å²) in [5.74, 6) is 0.276. The summed E-state index contributed by atoms with van der Waals surface area (Å²) < 4.78 is 0. The topological polar surface area (TPSA) is 35.6 Å². The molecule has 1 amide bonds. The highest BCUT2D eigenvalue weighted by atomic mass is 16.2. The van der Waals surface area contributed by atoms with Crippen LogP contribution in [0.25, 0.3) is 0 Å². The van der Waals surface area contributed by atoms with Crippen LogP contribution in [0.3, 0.4) is 0 Å². The molecule has 1 fully saturated rings. The molecule has 0 spiro atoms. The van der Waals surface area contributed by atoms with Gasteiger partial charge in [0.1, 0.15) is 0 Å². The Hall–Kier alpha value is -1.39. The third-order valence-electron chi connectivity index (χ3n) is 4.78. The first-order valence-corrected chi connectivity index (χ1v) is 8.07. The molecule has 1 aromatic rings. The molecular formula is C17H25N3O. The first kappa shape index (κ1) is 14.5. The zero-order valence-electron chi connectivity index (χ0n) is 12.8. The van der Waals surface area contributed by atoms with Gasteiger partial charge in [0.25, 0.3) is 0 Å². The van der Waals surface area contributed by atoms with Crippen molar-refractivity contribution in [1.29, 1.82) is 0 Å². The van der Waals surface area contributed by atoms with Crippen LogP contribution in [0.4, 0.5) is 0 Å². The summed E-state index contributed by atoms with van der Waals surface area (Å²) in [4.78, 5) is 16.9. The fourth-order valence-electron chi connectivity index (χ4n) is 3.43. The number of carbonyl (C=O) groups is 1. The van der Waals surface area contributed by atoms with Crippen LogP contribution in [-0.2, 0) is 17.8 Å². The number of nitrogens with one attached hydrogen (secondary N) is 1. The summed E-state index contributed by atoms with van der Waals surface area (Å²) in [5, 5.41) is 3.39. The highest BCUT2D eigenvalue weighted by Crippen LogP contribution is 2.19. The van der Waals surface area contributed by atoms with Crippen LogP contribution in [0.2, 0.25) is 0 Å². The maximum atomic E-state index is 12.6. The summed E-state index contributed by atoms with van der Waals surface area (Å²) in [5.41, 5.74) is 2.71. The van der Waals surface area contributed by atoms with Gasteiger partial charge in [0.2, 0.25) is 5.91 Å². The standard InChI is InChI=1S/C17H25N3O/c1-2-19(16-7-9-18-11-16)13-17(21)20-10-8-14-5-3-4-6-15(14)12-20/h3-6,16,18H,2,7-13H2,1H3. The number of amides is 1. The Morgan fingerprint density at radius 1 is 1.38 bits per heavy atom. The van der Waals surface area contributed by atoms with Crippen molar-refractivity contribution in [2.75, 3.05) is 32.7 Å². The number of likely N-dealkylation sites (N-methyl/N-ethyl adjacent to an activating group) is 1. The van der Waals surface area contributed by atoms with Crippen molar-refractivity contribution in [2.24, 2.45) is 0 Å². The Morgan fingerprint density at radius 3 is 2.90 bits per heavy atom. The molecule has 0 radical (unpaired) electrons. The van der Waals surface area contributed by atoms with E-state index in [4.69, 9.17) is 0 Å². The quantitative estimate of drug-likeness (QED) is 0.905. The molecule has 1 saturated heterocycles. The second-order valence-electron chi connectivity index (χ2n) is 6.04. The summed E-state index contributed by atoms with van der Waals surface area (Å²) in [6, 6.07) is 9.00. The molecule has 2 heterocycles. The highest BCUT2D eigenvalue weighted by molar-refractivity contribution is 5.78. The van der Waals surface area contributed by atoms with E-state index in [1.165, 1.54) is 11.1 Å². The van der Waals surface area contributed by atoms with Crippen LogP contribution in [0.5, 0.6) is 0 Å². The van der Waals surface area contributed by atoms with Gasteiger partial charge in [-0.15, -0.1) is 0 Å². The Kier molecular flexibility index (Phi) is 4.56. The molecule has 3 rings (SSSR count). The molecular weight excluding hydrogens is 262 g/mol. The molecule has 21 heavy (non-hydrogen) atoms. The molecule has 2 aliphatic heterocycles. The van der Waals surface area contributed by atoms with Crippen molar-refractivity contribution in [3.05, 3.63) is 35.4 Å². The van der Waals surface area contributed by atoms with Crippen LogP contribution >= 0.6 is 0 Å². The van der Waals surface area contributed by atoms with Gasteiger partial charge >= 0.3 is 0 Å². The Balaban J connectivity index is 1.60. The first-order chi connectivity index (χ1) is 10.3. The third-order valence-corrected chi connectivity index (χ3v) is 4.78. The molecule has 114 valence electrons. The lowest BCUT2D eigenvalue weighted by atomic mass is 10.00. The van der Waals surface area contributed by atoms with Gasteiger partial charge in [-0.3, -0.25) is 9.69 Å². The second-order valence-corrected chi connectivity index (χ2v) is 6.04. The molecule has 4 nitrogen and oxygen atoms in total. The molecule has 0 bridgehead atoms. The van der Waals surface area contributed by atoms with Crippen molar-refractivity contribution < 1.29 is 4.79 Å². The fraction of sp³-hybridized carbons (Fsp3) is 0.588. The number of hydrogen-bond acceptors (Lipinski definition) is 3. The third kappa shape index (κ3) is 3.27. The van der Waals surface area contributed by atoms with Crippen molar-refractivity contribution in [1.82, 2.24) is 15.1 Å². The van der Waals surface area contributed by atoms with Crippen LogP contribution in [0.1, 0.15) is 24.5 Å². The maximum absolute atomic E-state index is 12.6. The summed E-state index contributed by atoms with van der Waals surface area (Å²) in [6.07, 6.45) is 2.14. The predicted octanol–water partition coefficient (Wildman–Crippen LogP) is 1.26. The van der Waals surface area contributed by atoms with Crippen molar-refractivity contribution >= 4 is 5.91 Å². The molecule has 2 aliphatic rings. The lowest BCUT2D eigenvalue weighted by Gasteiger charge is -2.32. The average Bonchev–Trinajstić information content (AvgIpc) is 3.06. The molecule has 1 N–H and O–H groups in total. The van der Waals surface area contributed by atoms with Crippen LogP contribution < -0.4 is 5.32 Å². The van der Waals surface area contributed by atoms with E-state index in [1.807, 2.05) is 4.90 Å². The molecule has 0 aliphatic carbocycles. The number of fused-ring (bicyclic) bond motifs is 1. The minimum atomic E-state index is 0.276. The Labute approximate surface area is 127 Å². The average molecular weight is 287 g/mol. The Morgan fingerprint density at radius 2 is 2.19 bits per heavy atom. The smallest absolute Gasteiger partial charge is 0.237 e. The minimum Gasteiger partial charge on any atom is -0.337 e. The van der Waals surface area contributed by atoms with Gasteiger partial charge < -0.3 is 10.2 Å². The van der Waals surface area contributed by atoms with Gasteiger partial charge in [0, 0.05) is 25.7 Å². The van der Waals surface area contributed by atoms with E-state index in [1.54, 1.807) is 0 Å². The highest BCUT2D eigenvalue weighted by Gasteiger charge is 2.26. The largest absolute Gasteiger partial charge is 0.337 e. The molecule has 4 heteroatoms. The van der Waals surface area contributed by atoms with E-state index < -0.39 is 0 Å². The lowest BCUT2D eigenvalue weighted by Crippen LogP contribution is -2.46.